The van der Waals surface area contributed by atoms with Crippen molar-refractivity contribution < 1.29 is 4.74 Å². The van der Waals surface area contributed by atoms with Crippen molar-refractivity contribution in [3.8, 4) is 0 Å². The first kappa shape index (κ1) is 29.6. The average molecular weight is 479 g/mol. The summed E-state index contributed by atoms with van der Waals surface area (Å²) < 4.78 is 7.03. The summed E-state index contributed by atoms with van der Waals surface area (Å²) in [5.74, 6) is 0. The van der Waals surface area contributed by atoms with Crippen LogP contribution in [0.2, 0.25) is 0 Å². The van der Waals surface area contributed by atoms with Gasteiger partial charge in [0.2, 0.25) is 0 Å². The SMILES string of the molecule is CCCCCCC(OC(CCCCCC)c1ccc(C(C)(C)C)cc1)c1ccc(C(C)(C)C)cc1. The molecule has 0 aliphatic carbocycles. The molecule has 0 aromatic heterocycles. The second-order valence-electron chi connectivity index (χ2n) is 12.6. The molecule has 0 amide bonds. The fraction of sp³-hybridized carbons (Fsp3) is 0.647. The predicted octanol–water partition coefficient (Wildman–Crippen LogP) is 11.0. The topological polar surface area (TPSA) is 9.23 Å². The van der Waals surface area contributed by atoms with Crippen LogP contribution in [-0.4, -0.2) is 0 Å². The van der Waals surface area contributed by atoms with Gasteiger partial charge in [-0.25, -0.2) is 0 Å². The Morgan fingerprint density at radius 1 is 0.514 bits per heavy atom. The largest absolute Gasteiger partial charge is 0.366 e. The van der Waals surface area contributed by atoms with Crippen LogP contribution in [0.3, 0.4) is 0 Å². The Balaban J connectivity index is 2.28. The maximum Gasteiger partial charge on any atom is 0.0833 e. The minimum Gasteiger partial charge on any atom is -0.366 e. The average Bonchev–Trinajstić information content (AvgIpc) is 2.81. The zero-order chi connectivity index (χ0) is 25.9. The lowest BCUT2D eigenvalue weighted by Crippen LogP contribution is -2.14. The first-order valence-electron chi connectivity index (χ1n) is 14.4. The van der Waals surface area contributed by atoms with Crippen LogP contribution >= 0.6 is 0 Å². The van der Waals surface area contributed by atoms with Gasteiger partial charge in [-0.1, -0.05) is 155 Å². The molecule has 0 aliphatic rings. The third kappa shape index (κ3) is 10.1. The van der Waals surface area contributed by atoms with E-state index in [2.05, 4.69) is 104 Å². The minimum atomic E-state index is 0.152. The van der Waals surface area contributed by atoms with E-state index >= 15 is 0 Å². The van der Waals surface area contributed by atoms with E-state index in [0.29, 0.717) is 0 Å². The molecule has 0 radical (unpaired) electrons. The molecule has 0 heterocycles. The molecule has 0 fully saturated rings. The molecular weight excluding hydrogens is 424 g/mol. The van der Waals surface area contributed by atoms with Gasteiger partial charge >= 0.3 is 0 Å². The van der Waals surface area contributed by atoms with E-state index in [1.54, 1.807) is 0 Å². The van der Waals surface area contributed by atoms with Crippen LogP contribution in [0.4, 0.5) is 0 Å². The summed E-state index contributed by atoms with van der Waals surface area (Å²) >= 11 is 0. The van der Waals surface area contributed by atoms with Gasteiger partial charge < -0.3 is 4.74 Å². The van der Waals surface area contributed by atoms with Crippen molar-refractivity contribution in [2.75, 3.05) is 0 Å². The van der Waals surface area contributed by atoms with Crippen LogP contribution in [0.15, 0.2) is 48.5 Å². The molecule has 2 unspecified atom stereocenters. The monoisotopic (exact) mass is 478 g/mol. The minimum absolute atomic E-state index is 0.152. The second-order valence-corrected chi connectivity index (χ2v) is 12.6. The lowest BCUT2D eigenvalue weighted by atomic mass is 9.86. The van der Waals surface area contributed by atoms with Gasteiger partial charge in [-0.2, -0.15) is 0 Å². The van der Waals surface area contributed by atoms with Crippen LogP contribution in [-0.2, 0) is 15.6 Å². The summed E-state index contributed by atoms with van der Waals surface area (Å²) in [4.78, 5) is 0. The number of rotatable bonds is 14. The van der Waals surface area contributed by atoms with E-state index in [9.17, 15) is 0 Å². The van der Waals surface area contributed by atoms with Crippen LogP contribution in [0.1, 0.15) is 154 Å². The van der Waals surface area contributed by atoms with Crippen molar-refractivity contribution in [1.29, 1.82) is 0 Å². The third-order valence-electron chi connectivity index (χ3n) is 7.27. The molecule has 2 aromatic carbocycles. The Labute approximate surface area is 218 Å². The Kier molecular flexibility index (Phi) is 12.0. The lowest BCUT2D eigenvalue weighted by Gasteiger charge is -2.28. The van der Waals surface area contributed by atoms with Crippen molar-refractivity contribution in [2.45, 2.75) is 143 Å². The van der Waals surface area contributed by atoms with E-state index in [-0.39, 0.29) is 23.0 Å². The molecule has 0 aliphatic heterocycles. The van der Waals surface area contributed by atoms with E-state index in [0.717, 1.165) is 12.8 Å². The quantitative estimate of drug-likeness (QED) is 0.245. The van der Waals surface area contributed by atoms with Gasteiger partial charge in [0.1, 0.15) is 0 Å². The molecule has 1 heteroatoms. The molecule has 0 N–H and O–H groups in total. The van der Waals surface area contributed by atoms with E-state index < -0.39 is 0 Å². The van der Waals surface area contributed by atoms with E-state index in [1.165, 1.54) is 73.6 Å². The van der Waals surface area contributed by atoms with Gasteiger partial charge in [-0.15, -0.1) is 0 Å². The standard InChI is InChI=1S/C34H54O/c1-9-11-13-15-17-31(27-19-23-29(24-20-27)33(3,4)5)35-32(18-16-14-12-10-2)28-21-25-30(26-22-28)34(6,7)8/h19-26,31-32H,9-18H2,1-8H3. The van der Waals surface area contributed by atoms with Crippen molar-refractivity contribution in [3.63, 3.8) is 0 Å². The summed E-state index contributed by atoms with van der Waals surface area (Å²) in [5, 5.41) is 0. The van der Waals surface area contributed by atoms with Crippen molar-refractivity contribution >= 4 is 0 Å². The molecule has 0 saturated heterocycles. The first-order chi connectivity index (χ1) is 16.6. The van der Waals surface area contributed by atoms with Crippen molar-refractivity contribution in [2.24, 2.45) is 0 Å². The lowest BCUT2D eigenvalue weighted by molar-refractivity contribution is -0.0264. The van der Waals surface area contributed by atoms with Crippen LogP contribution in [0.25, 0.3) is 0 Å². The Morgan fingerprint density at radius 3 is 1.14 bits per heavy atom. The second kappa shape index (κ2) is 14.2. The molecule has 0 bridgehead atoms. The number of hydrogen-bond donors (Lipinski definition) is 0. The number of hydrogen-bond acceptors (Lipinski definition) is 1. The smallest absolute Gasteiger partial charge is 0.0833 e. The normalized spacial score (nSPS) is 14.2. The Morgan fingerprint density at radius 2 is 0.857 bits per heavy atom. The highest BCUT2D eigenvalue weighted by molar-refractivity contribution is 5.30. The van der Waals surface area contributed by atoms with Crippen LogP contribution in [0.5, 0.6) is 0 Å². The van der Waals surface area contributed by atoms with Gasteiger partial charge in [-0.3, -0.25) is 0 Å². The van der Waals surface area contributed by atoms with Gasteiger partial charge in [0.25, 0.3) is 0 Å². The zero-order valence-electron chi connectivity index (χ0n) is 24.3. The molecule has 2 atom stereocenters. The summed E-state index contributed by atoms with van der Waals surface area (Å²) in [6, 6.07) is 18.5. The summed E-state index contributed by atoms with van der Waals surface area (Å²) in [5.41, 5.74) is 5.79. The highest BCUT2D eigenvalue weighted by Gasteiger charge is 2.22. The summed E-state index contributed by atoms with van der Waals surface area (Å²) in [6.07, 6.45) is 12.7. The van der Waals surface area contributed by atoms with Crippen molar-refractivity contribution in [3.05, 3.63) is 70.8 Å². The summed E-state index contributed by atoms with van der Waals surface area (Å²) in [6.45, 7) is 18.3. The van der Waals surface area contributed by atoms with Gasteiger partial charge in [0, 0.05) is 0 Å². The number of unbranched alkanes of at least 4 members (excludes halogenated alkanes) is 6. The number of benzene rings is 2. The highest BCUT2D eigenvalue weighted by atomic mass is 16.5. The predicted molar refractivity (Wildman–Crippen MR) is 154 cm³/mol. The zero-order valence-corrected chi connectivity index (χ0v) is 24.3. The third-order valence-corrected chi connectivity index (χ3v) is 7.27. The first-order valence-corrected chi connectivity index (χ1v) is 14.4. The fourth-order valence-corrected chi connectivity index (χ4v) is 4.73. The van der Waals surface area contributed by atoms with Gasteiger partial charge in [-0.05, 0) is 45.9 Å². The molecule has 2 aromatic rings. The van der Waals surface area contributed by atoms with Gasteiger partial charge in [0.15, 0.2) is 0 Å². The van der Waals surface area contributed by atoms with Crippen molar-refractivity contribution in [1.82, 2.24) is 0 Å². The number of ether oxygens (including phenoxy) is 1. The molecule has 0 spiro atoms. The van der Waals surface area contributed by atoms with Gasteiger partial charge in [0.05, 0.1) is 12.2 Å². The highest BCUT2D eigenvalue weighted by Crippen LogP contribution is 2.36. The Hall–Kier alpha value is -1.60. The maximum absolute atomic E-state index is 7.03. The summed E-state index contributed by atoms with van der Waals surface area (Å²) in [7, 11) is 0. The molecular formula is C34H54O. The molecule has 0 saturated carbocycles. The molecule has 2 rings (SSSR count). The Bertz CT molecular complexity index is 745. The van der Waals surface area contributed by atoms with Crippen LogP contribution in [0, 0.1) is 0 Å². The van der Waals surface area contributed by atoms with Crippen LogP contribution < -0.4 is 0 Å². The maximum atomic E-state index is 7.03. The van der Waals surface area contributed by atoms with E-state index in [4.69, 9.17) is 4.74 Å². The van der Waals surface area contributed by atoms with E-state index in [1.807, 2.05) is 0 Å². The fourth-order valence-electron chi connectivity index (χ4n) is 4.73. The molecule has 35 heavy (non-hydrogen) atoms. The molecule has 196 valence electrons. The molecule has 1 nitrogen and oxygen atoms in total.